The van der Waals surface area contributed by atoms with E-state index in [0.29, 0.717) is 18.7 Å². The number of rotatable bonds is 7. The number of hydrogen-bond acceptors (Lipinski definition) is 5. The molecular formula is C26H31N3O3. The summed E-state index contributed by atoms with van der Waals surface area (Å²) >= 11 is 0. The first-order valence-electron chi connectivity index (χ1n) is 10.8. The van der Waals surface area contributed by atoms with Gasteiger partial charge in [0.15, 0.2) is 0 Å². The summed E-state index contributed by atoms with van der Waals surface area (Å²) in [6, 6.07) is 18.8. The van der Waals surface area contributed by atoms with Gasteiger partial charge in [0.05, 0.1) is 0 Å². The Morgan fingerprint density at radius 1 is 1.03 bits per heavy atom. The van der Waals surface area contributed by atoms with Crippen molar-refractivity contribution in [2.45, 2.75) is 45.3 Å². The molecule has 0 spiro atoms. The van der Waals surface area contributed by atoms with Crippen LogP contribution in [0.3, 0.4) is 0 Å². The molecule has 1 saturated heterocycles. The molecule has 0 unspecified atom stereocenters. The first-order valence-corrected chi connectivity index (χ1v) is 10.8. The summed E-state index contributed by atoms with van der Waals surface area (Å²) in [7, 11) is 0. The van der Waals surface area contributed by atoms with E-state index in [1.807, 2.05) is 81.4 Å². The Hall–Kier alpha value is -3.54. The second-order valence-electron chi connectivity index (χ2n) is 8.65. The molecule has 0 radical (unpaired) electrons. The monoisotopic (exact) mass is 433 g/mol. The van der Waals surface area contributed by atoms with E-state index < -0.39 is 11.6 Å². The smallest absolute Gasteiger partial charge is 0.329 e. The molecule has 168 valence electrons. The molecule has 0 bridgehead atoms. The predicted octanol–water partition coefficient (Wildman–Crippen LogP) is 4.02. The van der Waals surface area contributed by atoms with E-state index in [4.69, 9.17) is 4.74 Å². The largest absolute Gasteiger partial charge is 0.458 e. The number of benzene rings is 2. The van der Waals surface area contributed by atoms with Crippen molar-refractivity contribution in [3.8, 4) is 0 Å². The lowest BCUT2D eigenvalue weighted by Crippen LogP contribution is -2.47. The minimum absolute atomic E-state index is 0.268. The molecule has 1 aliphatic rings. The quantitative estimate of drug-likeness (QED) is 0.392. The Morgan fingerprint density at radius 3 is 2.09 bits per heavy atom. The van der Waals surface area contributed by atoms with E-state index in [9.17, 15) is 9.59 Å². The third kappa shape index (κ3) is 5.58. The molecule has 1 aliphatic heterocycles. The van der Waals surface area contributed by atoms with Gasteiger partial charge in [-0.25, -0.2) is 4.79 Å². The molecule has 0 saturated carbocycles. The lowest BCUT2D eigenvalue weighted by molar-refractivity contribution is -0.162. The van der Waals surface area contributed by atoms with Gasteiger partial charge in [-0.15, -0.1) is 0 Å². The topological polar surface area (TPSA) is 70.7 Å². The van der Waals surface area contributed by atoms with Crippen LogP contribution in [0.2, 0.25) is 0 Å². The maximum atomic E-state index is 13.8. The molecule has 0 aliphatic carbocycles. The standard InChI is InChI=1S/C26H31N3O3/c1-5-27-28-23(22(19-13-8-6-9-14-19)20-15-10-7-11-16-20)24(30)29-18-12-17-21(29)25(31)32-26(2,3)4/h5-11,13-16,21,27-28H,1,12,17-18H2,2-4H3/t21-/m0/s1. The molecule has 1 amide bonds. The Bertz CT molecular complexity index is 937. The molecule has 0 aromatic heterocycles. The van der Waals surface area contributed by atoms with Crippen LogP contribution in [0, 0.1) is 0 Å². The number of esters is 1. The molecular weight excluding hydrogens is 402 g/mol. The van der Waals surface area contributed by atoms with E-state index in [1.165, 1.54) is 6.20 Å². The number of hydrazine groups is 1. The molecule has 1 heterocycles. The molecule has 3 rings (SSSR count). The zero-order chi connectivity index (χ0) is 23.1. The molecule has 2 aromatic carbocycles. The van der Waals surface area contributed by atoms with Gasteiger partial charge in [-0.2, -0.15) is 0 Å². The number of ether oxygens (including phenoxy) is 1. The van der Waals surface area contributed by atoms with Gasteiger partial charge in [0.25, 0.3) is 5.91 Å². The Morgan fingerprint density at radius 2 is 1.59 bits per heavy atom. The van der Waals surface area contributed by atoms with Crippen LogP contribution >= 0.6 is 0 Å². The van der Waals surface area contributed by atoms with Gasteiger partial charge >= 0.3 is 5.97 Å². The zero-order valence-electron chi connectivity index (χ0n) is 18.9. The Kier molecular flexibility index (Phi) is 7.36. The minimum atomic E-state index is -0.616. The molecule has 1 fully saturated rings. The molecule has 2 N–H and O–H groups in total. The highest BCUT2D eigenvalue weighted by Crippen LogP contribution is 2.29. The Balaban J connectivity index is 2.08. The highest BCUT2D eigenvalue weighted by Gasteiger charge is 2.38. The van der Waals surface area contributed by atoms with E-state index in [2.05, 4.69) is 17.4 Å². The van der Waals surface area contributed by atoms with Gasteiger partial charge in [0.2, 0.25) is 0 Å². The molecule has 32 heavy (non-hydrogen) atoms. The number of carbonyl (C=O) groups is 2. The van der Waals surface area contributed by atoms with Crippen LogP contribution < -0.4 is 10.9 Å². The summed E-state index contributed by atoms with van der Waals surface area (Å²) in [5.41, 5.74) is 8.10. The molecule has 6 nitrogen and oxygen atoms in total. The summed E-state index contributed by atoms with van der Waals surface area (Å²) in [6.07, 6.45) is 2.79. The zero-order valence-corrected chi connectivity index (χ0v) is 18.9. The van der Waals surface area contributed by atoms with Gasteiger partial charge in [-0.1, -0.05) is 67.2 Å². The van der Waals surface area contributed by atoms with Crippen molar-refractivity contribution in [3.05, 3.63) is 90.3 Å². The van der Waals surface area contributed by atoms with Crippen LogP contribution in [-0.2, 0) is 14.3 Å². The first kappa shape index (κ1) is 23.1. The van der Waals surface area contributed by atoms with Crippen molar-refractivity contribution < 1.29 is 14.3 Å². The maximum Gasteiger partial charge on any atom is 0.329 e. The van der Waals surface area contributed by atoms with Crippen LogP contribution in [0.15, 0.2) is 79.1 Å². The van der Waals surface area contributed by atoms with Crippen LogP contribution in [0.1, 0.15) is 44.7 Å². The number of likely N-dealkylation sites (tertiary alicyclic amines) is 1. The summed E-state index contributed by atoms with van der Waals surface area (Å²) in [4.78, 5) is 28.3. The van der Waals surface area contributed by atoms with E-state index >= 15 is 0 Å². The van der Waals surface area contributed by atoms with Gasteiger partial charge < -0.3 is 15.1 Å². The van der Waals surface area contributed by atoms with Gasteiger partial charge in [-0.05, 0) is 44.7 Å². The SMILES string of the molecule is C=CNNC(C(=O)N1CCC[C@H]1C(=O)OC(C)(C)C)=C(c1ccccc1)c1ccccc1. The van der Waals surface area contributed by atoms with Gasteiger partial charge in [-0.3, -0.25) is 10.2 Å². The van der Waals surface area contributed by atoms with Crippen LogP contribution in [-0.4, -0.2) is 35.0 Å². The van der Waals surface area contributed by atoms with Crippen LogP contribution in [0.5, 0.6) is 0 Å². The maximum absolute atomic E-state index is 13.8. The van der Waals surface area contributed by atoms with Gasteiger partial charge in [0, 0.05) is 18.3 Å². The summed E-state index contributed by atoms with van der Waals surface area (Å²) in [5.74, 6) is -0.643. The molecule has 2 aromatic rings. The molecule has 1 atom stereocenters. The fraction of sp³-hybridized carbons (Fsp3) is 0.308. The highest BCUT2D eigenvalue weighted by molar-refractivity contribution is 6.05. The second-order valence-corrected chi connectivity index (χ2v) is 8.65. The van der Waals surface area contributed by atoms with E-state index in [1.54, 1.807) is 4.90 Å². The summed E-state index contributed by atoms with van der Waals surface area (Å²) in [6.45, 7) is 9.66. The highest BCUT2D eigenvalue weighted by atomic mass is 16.6. The second kappa shape index (κ2) is 10.2. The third-order valence-corrected chi connectivity index (χ3v) is 5.08. The fourth-order valence-corrected chi connectivity index (χ4v) is 3.78. The average Bonchev–Trinajstić information content (AvgIpc) is 3.26. The summed E-state index contributed by atoms with van der Waals surface area (Å²) < 4.78 is 5.59. The van der Waals surface area contributed by atoms with Crippen molar-refractivity contribution in [2.24, 2.45) is 0 Å². The normalized spacial score (nSPS) is 15.6. The number of hydrogen-bond donors (Lipinski definition) is 2. The van der Waals surface area contributed by atoms with Crippen LogP contribution in [0.4, 0.5) is 0 Å². The van der Waals surface area contributed by atoms with Gasteiger partial charge in [0.1, 0.15) is 17.3 Å². The first-order chi connectivity index (χ1) is 15.3. The number of nitrogens with one attached hydrogen (secondary N) is 2. The van der Waals surface area contributed by atoms with Crippen molar-refractivity contribution >= 4 is 17.4 Å². The minimum Gasteiger partial charge on any atom is -0.458 e. The lowest BCUT2D eigenvalue weighted by Gasteiger charge is -2.29. The van der Waals surface area contributed by atoms with E-state index in [-0.39, 0.29) is 11.9 Å². The summed E-state index contributed by atoms with van der Waals surface area (Å²) in [5, 5.41) is 0. The predicted molar refractivity (Wildman–Crippen MR) is 126 cm³/mol. The third-order valence-electron chi connectivity index (χ3n) is 5.08. The number of amides is 1. The van der Waals surface area contributed by atoms with Crippen molar-refractivity contribution in [1.29, 1.82) is 0 Å². The lowest BCUT2D eigenvalue weighted by atomic mass is 9.95. The van der Waals surface area contributed by atoms with Crippen LogP contribution in [0.25, 0.3) is 5.57 Å². The van der Waals surface area contributed by atoms with E-state index in [0.717, 1.165) is 23.1 Å². The van der Waals surface area contributed by atoms with Crippen molar-refractivity contribution in [2.75, 3.05) is 6.54 Å². The fourth-order valence-electron chi connectivity index (χ4n) is 3.78. The Labute approximate surface area is 189 Å². The molecule has 6 heteroatoms. The number of carbonyl (C=O) groups excluding carboxylic acids is 2. The van der Waals surface area contributed by atoms with Crippen molar-refractivity contribution in [1.82, 2.24) is 15.8 Å². The number of nitrogens with zero attached hydrogens (tertiary/aromatic N) is 1. The van der Waals surface area contributed by atoms with Crippen molar-refractivity contribution in [3.63, 3.8) is 0 Å². The average molecular weight is 434 g/mol.